The quantitative estimate of drug-likeness (QED) is 0.622. The van der Waals surface area contributed by atoms with Gasteiger partial charge in [-0.1, -0.05) is 12.2 Å². The molecule has 3 N–H and O–H groups in total. The highest BCUT2D eigenvalue weighted by Crippen LogP contribution is 2.20. The normalized spacial score (nSPS) is 23.0. The molecule has 0 radical (unpaired) electrons. The maximum atomic E-state index is 9.86. The van der Waals surface area contributed by atoms with Crippen LogP contribution in [-0.2, 0) is 0 Å². The second kappa shape index (κ2) is 4.22. The summed E-state index contributed by atoms with van der Waals surface area (Å²) in [6.45, 7) is 9.10. The summed E-state index contributed by atoms with van der Waals surface area (Å²) in [5.74, 6) is 0. The molecule has 3 heteroatoms. The molecule has 1 heterocycles. The fraction of sp³-hybridized carbons (Fsp3) is 0.800. The summed E-state index contributed by atoms with van der Waals surface area (Å²) in [7, 11) is 0. The van der Waals surface area contributed by atoms with Crippen molar-refractivity contribution >= 4 is 0 Å². The van der Waals surface area contributed by atoms with Crippen LogP contribution in [0.1, 0.15) is 19.8 Å². The standard InChI is InChI=1S/C10H20N2O/c1-9(2)7-12-5-3-10(13,8-11)4-6-12/h13H,1,3-8,11H2,2H3. The van der Waals surface area contributed by atoms with Crippen LogP contribution in [0.4, 0.5) is 0 Å². The van der Waals surface area contributed by atoms with E-state index in [2.05, 4.69) is 11.5 Å². The van der Waals surface area contributed by atoms with Gasteiger partial charge in [0.1, 0.15) is 0 Å². The van der Waals surface area contributed by atoms with Crippen LogP contribution in [0.15, 0.2) is 12.2 Å². The molecule has 0 saturated carbocycles. The molecular formula is C10H20N2O. The van der Waals surface area contributed by atoms with E-state index >= 15 is 0 Å². The molecule has 0 bridgehead atoms. The van der Waals surface area contributed by atoms with Crippen LogP contribution in [0.25, 0.3) is 0 Å². The van der Waals surface area contributed by atoms with Crippen LogP contribution in [0.2, 0.25) is 0 Å². The lowest BCUT2D eigenvalue weighted by molar-refractivity contribution is -0.0113. The lowest BCUT2D eigenvalue weighted by Gasteiger charge is -2.37. The predicted molar refractivity (Wildman–Crippen MR) is 54.5 cm³/mol. The van der Waals surface area contributed by atoms with Gasteiger partial charge in [0.2, 0.25) is 0 Å². The third-order valence-corrected chi connectivity index (χ3v) is 2.66. The van der Waals surface area contributed by atoms with Gasteiger partial charge >= 0.3 is 0 Å². The Morgan fingerprint density at radius 2 is 2.08 bits per heavy atom. The zero-order valence-corrected chi connectivity index (χ0v) is 8.42. The van der Waals surface area contributed by atoms with Crippen LogP contribution in [-0.4, -0.2) is 41.8 Å². The third kappa shape index (κ3) is 3.10. The second-order valence-electron chi connectivity index (χ2n) is 4.16. The first-order valence-electron chi connectivity index (χ1n) is 4.85. The molecular weight excluding hydrogens is 164 g/mol. The van der Waals surface area contributed by atoms with Crippen LogP contribution < -0.4 is 5.73 Å². The van der Waals surface area contributed by atoms with E-state index in [-0.39, 0.29) is 0 Å². The van der Waals surface area contributed by atoms with Crippen molar-refractivity contribution in [1.82, 2.24) is 4.90 Å². The molecule has 1 rings (SSSR count). The molecule has 0 atom stereocenters. The maximum absolute atomic E-state index is 9.86. The maximum Gasteiger partial charge on any atom is 0.0793 e. The summed E-state index contributed by atoms with van der Waals surface area (Å²) in [6.07, 6.45) is 1.58. The lowest BCUT2D eigenvalue weighted by atomic mass is 9.91. The van der Waals surface area contributed by atoms with Gasteiger partial charge in [0.15, 0.2) is 0 Å². The molecule has 1 aliphatic heterocycles. The minimum Gasteiger partial charge on any atom is -0.388 e. The Morgan fingerprint density at radius 3 is 2.46 bits per heavy atom. The molecule has 1 saturated heterocycles. The van der Waals surface area contributed by atoms with Gasteiger partial charge in [-0.15, -0.1) is 0 Å². The van der Waals surface area contributed by atoms with Gasteiger partial charge in [0.25, 0.3) is 0 Å². The van der Waals surface area contributed by atoms with Crippen molar-refractivity contribution in [3.8, 4) is 0 Å². The zero-order valence-electron chi connectivity index (χ0n) is 8.42. The fourth-order valence-electron chi connectivity index (χ4n) is 1.71. The molecule has 76 valence electrons. The Balaban J connectivity index is 2.34. The molecule has 0 unspecified atom stereocenters. The summed E-state index contributed by atoms with van der Waals surface area (Å²) in [4.78, 5) is 2.31. The average molecular weight is 184 g/mol. The number of rotatable bonds is 3. The van der Waals surface area contributed by atoms with Crippen LogP contribution in [0.3, 0.4) is 0 Å². The highest BCUT2D eigenvalue weighted by molar-refractivity contribution is 4.95. The zero-order chi connectivity index (χ0) is 9.90. The molecule has 0 aromatic carbocycles. The predicted octanol–water partition coefficient (Wildman–Crippen LogP) is 0.348. The van der Waals surface area contributed by atoms with Gasteiger partial charge < -0.3 is 10.8 Å². The molecule has 1 aliphatic rings. The minimum absolute atomic E-state index is 0.383. The number of hydrogen-bond acceptors (Lipinski definition) is 3. The Kier molecular flexibility index (Phi) is 3.47. The second-order valence-corrected chi connectivity index (χ2v) is 4.16. The number of aliphatic hydroxyl groups is 1. The SMILES string of the molecule is C=C(C)CN1CCC(O)(CN)CC1. The van der Waals surface area contributed by atoms with Gasteiger partial charge in [-0.2, -0.15) is 0 Å². The van der Waals surface area contributed by atoms with Crippen molar-refractivity contribution in [1.29, 1.82) is 0 Å². The number of nitrogens with zero attached hydrogens (tertiary/aromatic N) is 1. The van der Waals surface area contributed by atoms with Crippen LogP contribution in [0, 0.1) is 0 Å². The molecule has 13 heavy (non-hydrogen) atoms. The smallest absolute Gasteiger partial charge is 0.0793 e. The number of likely N-dealkylation sites (tertiary alicyclic amines) is 1. The van der Waals surface area contributed by atoms with E-state index in [1.54, 1.807) is 0 Å². The first-order chi connectivity index (χ1) is 6.06. The molecule has 0 aromatic heterocycles. The first kappa shape index (κ1) is 10.7. The molecule has 3 nitrogen and oxygen atoms in total. The Morgan fingerprint density at radius 1 is 1.54 bits per heavy atom. The van der Waals surface area contributed by atoms with Gasteiger partial charge in [-0.25, -0.2) is 0 Å². The summed E-state index contributed by atoms with van der Waals surface area (Å²) in [6, 6.07) is 0. The van der Waals surface area contributed by atoms with Crippen LogP contribution >= 0.6 is 0 Å². The highest BCUT2D eigenvalue weighted by Gasteiger charge is 2.30. The molecule has 0 spiro atoms. The van der Waals surface area contributed by atoms with E-state index in [1.165, 1.54) is 5.57 Å². The van der Waals surface area contributed by atoms with Crippen molar-refractivity contribution in [2.24, 2.45) is 5.73 Å². The van der Waals surface area contributed by atoms with E-state index in [9.17, 15) is 5.11 Å². The fourth-order valence-corrected chi connectivity index (χ4v) is 1.71. The number of hydrogen-bond donors (Lipinski definition) is 2. The largest absolute Gasteiger partial charge is 0.388 e. The van der Waals surface area contributed by atoms with Crippen molar-refractivity contribution in [2.75, 3.05) is 26.2 Å². The van der Waals surface area contributed by atoms with E-state index in [1.807, 2.05) is 6.92 Å². The summed E-state index contributed by atoms with van der Waals surface area (Å²) >= 11 is 0. The molecule has 1 fully saturated rings. The van der Waals surface area contributed by atoms with Crippen molar-refractivity contribution in [2.45, 2.75) is 25.4 Å². The van der Waals surface area contributed by atoms with Crippen molar-refractivity contribution in [3.63, 3.8) is 0 Å². The highest BCUT2D eigenvalue weighted by atomic mass is 16.3. The lowest BCUT2D eigenvalue weighted by Crippen LogP contribution is -2.48. The summed E-state index contributed by atoms with van der Waals surface area (Å²) in [5, 5.41) is 9.86. The Hall–Kier alpha value is -0.380. The summed E-state index contributed by atoms with van der Waals surface area (Å²) < 4.78 is 0. The third-order valence-electron chi connectivity index (χ3n) is 2.66. The number of nitrogens with two attached hydrogens (primary N) is 1. The van der Waals surface area contributed by atoms with E-state index in [0.29, 0.717) is 6.54 Å². The first-order valence-corrected chi connectivity index (χ1v) is 4.85. The summed E-state index contributed by atoms with van der Waals surface area (Å²) in [5.41, 5.74) is 6.07. The van der Waals surface area contributed by atoms with E-state index in [0.717, 1.165) is 32.5 Å². The van der Waals surface area contributed by atoms with Crippen molar-refractivity contribution in [3.05, 3.63) is 12.2 Å². The average Bonchev–Trinajstić information content (AvgIpc) is 2.09. The van der Waals surface area contributed by atoms with Gasteiger partial charge in [-0.3, -0.25) is 4.90 Å². The topological polar surface area (TPSA) is 49.5 Å². The van der Waals surface area contributed by atoms with Gasteiger partial charge in [-0.05, 0) is 19.8 Å². The van der Waals surface area contributed by atoms with Crippen LogP contribution in [0.5, 0.6) is 0 Å². The Labute approximate surface area is 80.2 Å². The molecule has 0 aliphatic carbocycles. The van der Waals surface area contributed by atoms with Crippen molar-refractivity contribution < 1.29 is 5.11 Å². The Bertz CT molecular complexity index is 183. The number of piperidine rings is 1. The van der Waals surface area contributed by atoms with Gasteiger partial charge in [0, 0.05) is 26.2 Å². The minimum atomic E-state index is -0.606. The van der Waals surface area contributed by atoms with E-state index < -0.39 is 5.60 Å². The molecule has 0 aromatic rings. The molecule has 0 amide bonds. The monoisotopic (exact) mass is 184 g/mol. The van der Waals surface area contributed by atoms with E-state index in [4.69, 9.17) is 5.73 Å². The van der Waals surface area contributed by atoms with Gasteiger partial charge in [0.05, 0.1) is 5.60 Å².